The molecule has 4 nitrogen and oxygen atoms in total. The minimum atomic E-state index is -0.0311. The molecule has 0 fully saturated rings. The van der Waals surface area contributed by atoms with Gasteiger partial charge in [0, 0.05) is 34.6 Å². The molecule has 2 aromatic rings. The molecule has 0 bridgehead atoms. The smallest absolute Gasteiger partial charge is 0.225 e. The molecule has 2 N–H and O–H groups in total. The third-order valence-electron chi connectivity index (χ3n) is 2.61. The second-order valence-electron chi connectivity index (χ2n) is 4.40. The molecule has 0 aliphatic carbocycles. The van der Waals surface area contributed by atoms with Crippen LogP contribution < -0.4 is 10.6 Å². The highest BCUT2D eigenvalue weighted by molar-refractivity contribution is 8.01. The van der Waals surface area contributed by atoms with Crippen LogP contribution in [0.1, 0.15) is 12.1 Å². The van der Waals surface area contributed by atoms with Crippen LogP contribution >= 0.6 is 47.1 Å². The molecule has 0 unspecified atom stereocenters. The van der Waals surface area contributed by atoms with E-state index in [2.05, 4.69) is 15.6 Å². The average Bonchev–Trinajstić information content (AvgIpc) is 2.85. The minimum Gasteiger partial charge on any atom is -0.326 e. The summed E-state index contributed by atoms with van der Waals surface area (Å²) < 4.78 is 0.959. The molecule has 1 heterocycles. The van der Waals surface area contributed by atoms with Crippen molar-refractivity contribution in [3.05, 3.63) is 34.3 Å². The summed E-state index contributed by atoms with van der Waals surface area (Å²) in [5.41, 5.74) is 1.72. The molecule has 1 aromatic carbocycles. The quantitative estimate of drug-likeness (QED) is 0.790. The van der Waals surface area contributed by atoms with Crippen LogP contribution in [0.2, 0.25) is 5.02 Å². The SMILES string of the molecule is CNCCC(=O)Nc1ccc(Sc2nc(C)cs2)c(Cl)c1.Cl. The second kappa shape index (κ2) is 9.37. The number of anilines is 1. The van der Waals surface area contributed by atoms with Crippen molar-refractivity contribution in [2.24, 2.45) is 0 Å². The van der Waals surface area contributed by atoms with Crippen LogP contribution in [-0.2, 0) is 4.79 Å². The molecule has 0 saturated carbocycles. The van der Waals surface area contributed by atoms with Crippen LogP contribution in [0.25, 0.3) is 0 Å². The fourth-order valence-electron chi connectivity index (χ4n) is 1.60. The minimum absolute atomic E-state index is 0. The monoisotopic (exact) mass is 377 g/mol. The van der Waals surface area contributed by atoms with Crippen molar-refractivity contribution >= 4 is 58.7 Å². The zero-order valence-corrected chi connectivity index (χ0v) is 15.4. The molecule has 0 radical (unpaired) electrons. The number of carbonyl (C=O) groups is 1. The van der Waals surface area contributed by atoms with Crippen LogP contribution in [0.4, 0.5) is 5.69 Å². The molecule has 0 aliphatic rings. The Hall–Kier alpha value is -0.790. The van der Waals surface area contributed by atoms with Crippen molar-refractivity contribution in [1.29, 1.82) is 0 Å². The van der Waals surface area contributed by atoms with E-state index in [0.29, 0.717) is 23.7 Å². The maximum atomic E-state index is 11.7. The van der Waals surface area contributed by atoms with Crippen LogP contribution in [-0.4, -0.2) is 24.5 Å². The van der Waals surface area contributed by atoms with Gasteiger partial charge in [0.15, 0.2) is 4.34 Å². The van der Waals surface area contributed by atoms with Gasteiger partial charge in [0.1, 0.15) is 0 Å². The van der Waals surface area contributed by atoms with E-state index in [9.17, 15) is 4.79 Å². The van der Waals surface area contributed by atoms with E-state index in [1.54, 1.807) is 17.4 Å². The number of halogens is 2. The zero-order chi connectivity index (χ0) is 15.2. The lowest BCUT2D eigenvalue weighted by molar-refractivity contribution is -0.116. The van der Waals surface area contributed by atoms with E-state index in [1.165, 1.54) is 11.8 Å². The number of benzene rings is 1. The van der Waals surface area contributed by atoms with Crippen molar-refractivity contribution in [1.82, 2.24) is 10.3 Å². The molecule has 2 rings (SSSR count). The molecule has 0 spiro atoms. The second-order valence-corrected chi connectivity index (χ2v) is 6.96. The molecular formula is C14H17Cl2N3OS2. The lowest BCUT2D eigenvalue weighted by Crippen LogP contribution is -2.18. The first-order chi connectivity index (χ1) is 10.1. The number of hydrogen-bond donors (Lipinski definition) is 2. The fourth-order valence-corrected chi connectivity index (χ4v) is 3.69. The van der Waals surface area contributed by atoms with Crippen LogP contribution in [0.15, 0.2) is 32.8 Å². The number of aromatic nitrogens is 1. The van der Waals surface area contributed by atoms with Crippen molar-refractivity contribution in [3.63, 3.8) is 0 Å². The van der Waals surface area contributed by atoms with Gasteiger partial charge in [-0.25, -0.2) is 4.98 Å². The van der Waals surface area contributed by atoms with Gasteiger partial charge in [-0.05, 0) is 32.2 Å². The summed E-state index contributed by atoms with van der Waals surface area (Å²) in [5.74, 6) is -0.0311. The van der Waals surface area contributed by atoms with Gasteiger partial charge in [-0.1, -0.05) is 23.4 Å². The Balaban J connectivity index is 0.00000242. The van der Waals surface area contributed by atoms with Gasteiger partial charge in [-0.15, -0.1) is 23.7 Å². The number of thiazole rings is 1. The van der Waals surface area contributed by atoms with Gasteiger partial charge in [0.05, 0.1) is 5.02 Å². The number of aryl methyl sites for hydroxylation is 1. The number of rotatable bonds is 6. The number of nitrogens with zero attached hydrogens (tertiary/aromatic N) is 1. The summed E-state index contributed by atoms with van der Waals surface area (Å²) in [6, 6.07) is 5.52. The molecule has 1 aromatic heterocycles. The van der Waals surface area contributed by atoms with Crippen molar-refractivity contribution in [2.75, 3.05) is 18.9 Å². The number of nitrogens with one attached hydrogen (secondary N) is 2. The Bertz CT molecular complexity index is 634. The van der Waals surface area contributed by atoms with E-state index in [-0.39, 0.29) is 18.3 Å². The molecule has 0 aliphatic heterocycles. The molecule has 0 atom stereocenters. The topological polar surface area (TPSA) is 54.0 Å². The predicted octanol–water partition coefficient (Wildman–Crippen LogP) is 4.23. The molecule has 22 heavy (non-hydrogen) atoms. The molecule has 1 amide bonds. The number of hydrogen-bond acceptors (Lipinski definition) is 5. The average molecular weight is 378 g/mol. The third-order valence-corrected chi connectivity index (χ3v) is 5.17. The summed E-state index contributed by atoms with van der Waals surface area (Å²) in [7, 11) is 1.82. The highest BCUT2D eigenvalue weighted by atomic mass is 35.5. The third kappa shape index (κ3) is 5.78. The standard InChI is InChI=1S/C14H16ClN3OS2.ClH/c1-9-8-20-14(17-9)21-12-4-3-10(7-11(12)15)18-13(19)5-6-16-2;/h3-4,7-8,16H,5-6H2,1-2H3,(H,18,19);1H. The van der Waals surface area contributed by atoms with E-state index < -0.39 is 0 Å². The molecule has 8 heteroatoms. The van der Waals surface area contributed by atoms with E-state index >= 15 is 0 Å². The van der Waals surface area contributed by atoms with E-state index in [0.717, 1.165) is 14.9 Å². The normalized spacial score (nSPS) is 10.1. The van der Waals surface area contributed by atoms with Gasteiger partial charge in [0.25, 0.3) is 0 Å². The molecular weight excluding hydrogens is 361 g/mol. The maximum Gasteiger partial charge on any atom is 0.225 e. The largest absolute Gasteiger partial charge is 0.326 e. The Morgan fingerprint density at radius 3 is 2.82 bits per heavy atom. The van der Waals surface area contributed by atoms with Gasteiger partial charge in [0.2, 0.25) is 5.91 Å². The molecule has 120 valence electrons. The van der Waals surface area contributed by atoms with E-state index in [1.807, 2.05) is 31.5 Å². The lowest BCUT2D eigenvalue weighted by Gasteiger charge is -2.07. The molecule has 0 saturated heterocycles. The summed E-state index contributed by atoms with van der Waals surface area (Å²) >= 11 is 9.39. The zero-order valence-electron chi connectivity index (χ0n) is 12.2. The van der Waals surface area contributed by atoms with Crippen molar-refractivity contribution in [3.8, 4) is 0 Å². The fraction of sp³-hybridized carbons (Fsp3) is 0.286. The van der Waals surface area contributed by atoms with Crippen LogP contribution in [0, 0.1) is 6.92 Å². The first kappa shape index (κ1) is 19.3. The highest BCUT2D eigenvalue weighted by Gasteiger charge is 2.08. The summed E-state index contributed by atoms with van der Waals surface area (Å²) in [6.07, 6.45) is 0.434. The van der Waals surface area contributed by atoms with Crippen molar-refractivity contribution in [2.45, 2.75) is 22.6 Å². The Morgan fingerprint density at radius 1 is 1.45 bits per heavy atom. The van der Waals surface area contributed by atoms with Gasteiger partial charge >= 0.3 is 0 Å². The van der Waals surface area contributed by atoms with Crippen molar-refractivity contribution < 1.29 is 4.79 Å². The highest BCUT2D eigenvalue weighted by Crippen LogP contribution is 2.36. The summed E-state index contributed by atoms with van der Waals surface area (Å²) in [4.78, 5) is 17.0. The first-order valence-electron chi connectivity index (χ1n) is 6.42. The van der Waals surface area contributed by atoms with Gasteiger partial charge in [-0.2, -0.15) is 0 Å². The number of carbonyl (C=O) groups excluding carboxylic acids is 1. The lowest BCUT2D eigenvalue weighted by atomic mass is 10.3. The Labute approximate surface area is 149 Å². The first-order valence-corrected chi connectivity index (χ1v) is 8.50. The van der Waals surface area contributed by atoms with Gasteiger partial charge < -0.3 is 10.6 Å². The van der Waals surface area contributed by atoms with Gasteiger partial charge in [-0.3, -0.25) is 4.79 Å². The van der Waals surface area contributed by atoms with Crippen LogP contribution in [0.5, 0.6) is 0 Å². The predicted molar refractivity (Wildman–Crippen MR) is 96.8 cm³/mol. The Morgan fingerprint density at radius 2 is 2.23 bits per heavy atom. The summed E-state index contributed by atoms with van der Waals surface area (Å²) in [5, 5.41) is 8.38. The van der Waals surface area contributed by atoms with Crippen LogP contribution in [0.3, 0.4) is 0 Å². The number of amides is 1. The van der Waals surface area contributed by atoms with E-state index in [4.69, 9.17) is 11.6 Å². The Kier molecular flexibility index (Phi) is 8.20. The summed E-state index contributed by atoms with van der Waals surface area (Å²) in [6.45, 7) is 2.61. The maximum absolute atomic E-state index is 11.7.